The van der Waals surface area contributed by atoms with Crippen LogP contribution in [0.2, 0.25) is 0 Å². The summed E-state index contributed by atoms with van der Waals surface area (Å²) in [6.45, 7) is 11.5. The molecule has 5 unspecified atom stereocenters. The Labute approximate surface area is 213 Å². The largest absolute Gasteiger partial charge is 0.472 e. The van der Waals surface area contributed by atoms with Gasteiger partial charge in [0.1, 0.15) is 0 Å². The van der Waals surface area contributed by atoms with E-state index in [1.807, 2.05) is 0 Å². The molecular formula is C29H59O4P. The highest BCUT2D eigenvalue weighted by atomic mass is 31.2. The molecule has 1 saturated carbocycles. The molecule has 5 heteroatoms. The van der Waals surface area contributed by atoms with Crippen LogP contribution in [0.15, 0.2) is 0 Å². The lowest BCUT2D eigenvalue weighted by molar-refractivity contribution is 0.0107. The van der Waals surface area contributed by atoms with E-state index < -0.39 is 7.82 Å². The third kappa shape index (κ3) is 15.3. The predicted molar refractivity (Wildman–Crippen MR) is 146 cm³/mol. The first-order valence-corrected chi connectivity index (χ1v) is 16.4. The van der Waals surface area contributed by atoms with Gasteiger partial charge in [-0.15, -0.1) is 0 Å². The van der Waals surface area contributed by atoms with E-state index >= 15 is 0 Å². The number of hydrogen-bond donors (Lipinski definition) is 1. The second kappa shape index (κ2) is 19.3. The third-order valence-corrected chi connectivity index (χ3v) is 8.90. The van der Waals surface area contributed by atoms with Crippen molar-refractivity contribution < 1.29 is 18.5 Å². The SMILES string of the molecule is CCCCCCCCCCC(CCCCCCC)COP(=O)(O)OC1CC(C)CCC1C(C)C. The van der Waals surface area contributed by atoms with Gasteiger partial charge in [0.15, 0.2) is 0 Å². The van der Waals surface area contributed by atoms with E-state index in [2.05, 4.69) is 34.6 Å². The molecule has 0 bridgehead atoms. The predicted octanol–water partition coefficient (Wildman–Crippen LogP) is 10.1. The average Bonchev–Trinajstić information content (AvgIpc) is 2.78. The number of rotatable bonds is 21. The molecule has 1 N–H and O–H groups in total. The van der Waals surface area contributed by atoms with Gasteiger partial charge >= 0.3 is 7.82 Å². The standard InChI is InChI=1S/C29H59O4P/c1-6-8-10-12-13-14-16-18-20-27(19-17-15-11-9-7-2)24-32-34(30,31)33-29-23-26(5)21-22-28(29)25(3)4/h25-29H,6-24H2,1-5H3,(H,30,31). The molecule has 0 aliphatic heterocycles. The van der Waals surface area contributed by atoms with Crippen molar-refractivity contribution in [1.82, 2.24) is 0 Å². The Morgan fingerprint density at radius 2 is 1.32 bits per heavy atom. The Balaban J connectivity index is 2.48. The molecule has 0 aromatic rings. The van der Waals surface area contributed by atoms with Crippen LogP contribution in [0.25, 0.3) is 0 Å². The summed E-state index contributed by atoms with van der Waals surface area (Å²) in [5, 5.41) is 0. The fourth-order valence-electron chi connectivity index (χ4n) is 5.55. The average molecular weight is 503 g/mol. The van der Waals surface area contributed by atoms with Gasteiger partial charge in [-0.2, -0.15) is 0 Å². The summed E-state index contributed by atoms with van der Waals surface area (Å²) in [5.74, 6) is 1.69. The Morgan fingerprint density at radius 1 is 0.824 bits per heavy atom. The highest BCUT2D eigenvalue weighted by molar-refractivity contribution is 7.47. The normalized spacial score (nSPS) is 23.8. The molecule has 1 fully saturated rings. The van der Waals surface area contributed by atoms with Crippen molar-refractivity contribution in [3.05, 3.63) is 0 Å². The first-order chi connectivity index (χ1) is 16.3. The van der Waals surface area contributed by atoms with E-state index in [0.29, 0.717) is 30.3 Å². The minimum atomic E-state index is -4.03. The minimum Gasteiger partial charge on any atom is -0.302 e. The van der Waals surface area contributed by atoms with Crippen LogP contribution in [-0.4, -0.2) is 17.6 Å². The van der Waals surface area contributed by atoms with Gasteiger partial charge in [0.25, 0.3) is 0 Å². The number of unbranched alkanes of at least 4 members (excludes halogenated alkanes) is 11. The van der Waals surface area contributed by atoms with Gasteiger partial charge in [-0.3, -0.25) is 9.05 Å². The van der Waals surface area contributed by atoms with E-state index in [0.717, 1.165) is 25.7 Å². The summed E-state index contributed by atoms with van der Waals surface area (Å²) in [7, 11) is -4.03. The Bertz CT molecular complexity index is 524. The van der Waals surface area contributed by atoms with Crippen LogP contribution >= 0.6 is 7.82 Å². The molecule has 0 heterocycles. The van der Waals surface area contributed by atoms with Crippen molar-refractivity contribution in [3.8, 4) is 0 Å². The van der Waals surface area contributed by atoms with Gasteiger partial charge < -0.3 is 4.89 Å². The molecule has 0 spiro atoms. The Hall–Kier alpha value is 0.110. The zero-order valence-electron chi connectivity index (χ0n) is 23.4. The molecular weight excluding hydrogens is 443 g/mol. The third-order valence-electron chi connectivity index (χ3n) is 7.89. The number of hydrogen-bond acceptors (Lipinski definition) is 3. The second-order valence-electron chi connectivity index (χ2n) is 11.6. The fraction of sp³-hybridized carbons (Fsp3) is 1.00. The lowest BCUT2D eigenvalue weighted by Crippen LogP contribution is -2.33. The summed E-state index contributed by atoms with van der Waals surface area (Å²) in [6, 6.07) is 0. The molecule has 1 aliphatic rings. The molecule has 5 atom stereocenters. The zero-order valence-corrected chi connectivity index (χ0v) is 24.3. The highest BCUT2D eigenvalue weighted by Gasteiger charge is 2.37. The molecule has 0 radical (unpaired) electrons. The van der Waals surface area contributed by atoms with Gasteiger partial charge in [0.2, 0.25) is 0 Å². The molecule has 0 aromatic carbocycles. The maximum absolute atomic E-state index is 12.9. The van der Waals surface area contributed by atoms with Gasteiger partial charge in [0, 0.05) is 0 Å². The van der Waals surface area contributed by atoms with Crippen LogP contribution in [0.1, 0.15) is 150 Å². The minimum absolute atomic E-state index is 0.167. The lowest BCUT2D eigenvalue weighted by Gasteiger charge is -2.37. The topological polar surface area (TPSA) is 55.8 Å². The van der Waals surface area contributed by atoms with Gasteiger partial charge in [-0.1, -0.05) is 125 Å². The number of phosphoric acid groups is 1. The van der Waals surface area contributed by atoms with Crippen molar-refractivity contribution in [2.75, 3.05) is 6.61 Å². The quantitative estimate of drug-likeness (QED) is 0.125. The Morgan fingerprint density at radius 3 is 1.82 bits per heavy atom. The molecule has 0 aromatic heterocycles. The van der Waals surface area contributed by atoms with Gasteiger partial charge in [0.05, 0.1) is 12.7 Å². The van der Waals surface area contributed by atoms with E-state index in [1.54, 1.807) is 0 Å². The van der Waals surface area contributed by atoms with Crippen molar-refractivity contribution in [2.24, 2.45) is 23.7 Å². The molecule has 34 heavy (non-hydrogen) atoms. The van der Waals surface area contributed by atoms with Crippen LogP contribution in [0.5, 0.6) is 0 Å². The monoisotopic (exact) mass is 502 g/mol. The van der Waals surface area contributed by atoms with E-state index in [9.17, 15) is 9.46 Å². The molecule has 4 nitrogen and oxygen atoms in total. The van der Waals surface area contributed by atoms with Crippen LogP contribution in [0.3, 0.4) is 0 Å². The van der Waals surface area contributed by atoms with Crippen molar-refractivity contribution >= 4 is 7.82 Å². The fourth-order valence-corrected chi connectivity index (χ4v) is 6.60. The second-order valence-corrected chi connectivity index (χ2v) is 13.0. The number of phosphoric ester groups is 1. The van der Waals surface area contributed by atoms with Crippen LogP contribution in [0.4, 0.5) is 0 Å². The molecule has 0 saturated heterocycles. The van der Waals surface area contributed by atoms with Crippen molar-refractivity contribution in [1.29, 1.82) is 0 Å². The molecule has 1 aliphatic carbocycles. The zero-order chi connectivity index (χ0) is 25.2. The maximum Gasteiger partial charge on any atom is 0.472 e. The maximum atomic E-state index is 12.9. The van der Waals surface area contributed by atoms with E-state index in [1.165, 1.54) is 89.9 Å². The highest BCUT2D eigenvalue weighted by Crippen LogP contribution is 2.50. The molecule has 1 rings (SSSR count). The summed E-state index contributed by atoms with van der Waals surface area (Å²) >= 11 is 0. The lowest BCUT2D eigenvalue weighted by atomic mass is 9.75. The first-order valence-electron chi connectivity index (χ1n) is 14.9. The van der Waals surface area contributed by atoms with Gasteiger partial charge in [-0.25, -0.2) is 4.57 Å². The van der Waals surface area contributed by atoms with Crippen LogP contribution in [-0.2, 0) is 13.6 Å². The first kappa shape index (κ1) is 32.1. The van der Waals surface area contributed by atoms with Crippen LogP contribution < -0.4 is 0 Å². The smallest absolute Gasteiger partial charge is 0.302 e. The summed E-state index contributed by atoms with van der Waals surface area (Å²) in [4.78, 5) is 10.6. The summed E-state index contributed by atoms with van der Waals surface area (Å²) in [5.41, 5.74) is 0. The van der Waals surface area contributed by atoms with Crippen molar-refractivity contribution in [2.45, 2.75) is 156 Å². The van der Waals surface area contributed by atoms with Gasteiger partial charge in [-0.05, 0) is 49.4 Å². The Kier molecular flexibility index (Phi) is 18.2. The van der Waals surface area contributed by atoms with E-state index in [-0.39, 0.29) is 6.10 Å². The molecule has 204 valence electrons. The molecule has 0 amide bonds. The van der Waals surface area contributed by atoms with Crippen molar-refractivity contribution in [3.63, 3.8) is 0 Å². The van der Waals surface area contributed by atoms with Crippen LogP contribution in [0, 0.1) is 23.7 Å². The summed E-state index contributed by atoms with van der Waals surface area (Å²) < 4.78 is 24.3. The summed E-state index contributed by atoms with van der Waals surface area (Å²) in [6.07, 6.45) is 21.9. The van der Waals surface area contributed by atoms with E-state index in [4.69, 9.17) is 9.05 Å².